The predicted octanol–water partition coefficient (Wildman–Crippen LogP) is 2.22. The van der Waals surface area contributed by atoms with Gasteiger partial charge in [-0.05, 0) is 17.7 Å². The van der Waals surface area contributed by atoms with Crippen LogP contribution in [0.25, 0.3) is 0 Å². The van der Waals surface area contributed by atoms with E-state index in [0.717, 1.165) is 6.20 Å². The van der Waals surface area contributed by atoms with E-state index >= 15 is 0 Å². The van der Waals surface area contributed by atoms with Gasteiger partial charge in [-0.15, -0.1) is 0 Å². The lowest BCUT2D eigenvalue weighted by Gasteiger charge is -2.20. The third kappa shape index (κ3) is 4.96. The van der Waals surface area contributed by atoms with Crippen LogP contribution >= 0.6 is 0 Å². The Bertz CT molecular complexity index is 756. The Labute approximate surface area is 140 Å². The van der Waals surface area contributed by atoms with Crippen LogP contribution in [0.2, 0.25) is 0 Å². The number of aryl methyl sites for hydroxylation is 1. The lowest BCUT2D eigenvalue weighted by atomic mass is 10.1. The van der Waals surface area contributed by atoms with Gasteiger partial charge in [0.25, 0.3) is 0 Å². The maximum absolute atomic E-state index is 13.1. The quantitative estimate of drug-likeness (QED) is 0.765. The Hall–Kier alpha value is -3.04. The number of hydrogen-bond acceptors (Lipinski definition) is 3. The summed E-state index contributed by atoms with van der Waals surface area (Å²) < 4.78 is 40.6. The molecule has 0 aliphatic heterocycles. The molecule has 0 aliphatic rings. The van der Waals surface area contributed by atoms with Gasteiger partial charge in [-0.2, -0.15) is 18.3 Å². The molecule has 10 heteroatoms. The molecule has 2 rings (SSSR count). The molecular weight excluding hydrogens is 341 g/mol. The maximum Gasteiger partial charge on any atom is 0.413 e. The zero-order chi connectivity index (χ0) is 18.6. The summed E-state index contributed by atoms with van der Waals surface area (Å²) in [7, 11) is 1.47. The standard InChI is InChI=1S/C15H15F3N4O3/c1-22-8-11(7-20-22)12(15(16,17)18)21-14(25)19-6-9-2-4-10(5-3-9)13(23)24/h2-5,7-8,12H,6H2,1H3,(H,23,24)(H2,19,21,25). The summed E-state index contributed by atoms with van der Waals surface area (Å²) in [4.78, 5) is 22.5. The van der Waals surface area contributed by atoms with Crippen LogP contribution in [0, 0.1) is 0 Å². The predicted molar refractivity (Wildman–Crippen MR) is 80.8 cm³/mol. The molecule has 1 atom stereocenters. The molecule has 1 unspecified atom stereocenters. The van der Waals surface area contributed by atoms with E-state index < -0.39 is 24.2 Å². The highest BCUT2D eigenvalue weighted by molar-refractivity contribution is 5.87. The summed E-state index contributed by atoms with van der Waals surface area (Å²) in [6.07, 6.45) is -2.48. The summed E-state index contributed by atoms with van der Waals surface area (Å²) in [5.41, 5.74) is 0.433. The number of rotatable bonds is 5. The van der Waals surface area contributed by atoms with Gasteiger partial charge in [-0.25, -0.2) is 9.59 Å². The fraction of sp³-hybridized carbons (Fsp3) is 0.267. The topological polar surface area (TPSA) is 96.2 Å². The van der Waals surface area contributed by atoms with Crippen molar-refractivity contribution < 1.29 is 27.9 Å². The van der Waals surface area contributed by atoms with E-state index in [1.54, 1.807) is 0 Å². The number of nitrogens with zero attached hydrogens (tertiary/aromatic N) is 2. The van der Waals surface area contributed by atoms with E-state index in [0.29, 0.717) is 5.56 Å². The van der Waals surface area contributed by atoms with Gasteiger partial charge < -0.3 is 15.7 Å². The maximum atomic E-state index is 13.1. The average molecular weight is 356 g/mol. The van der Waals surface area contributed by atoms with Gasteiger partial charge in [0.15, 0.2) is 6.04 Å². The van der Waals surface area contributed by atoms with E-state index in [1.807, 2.05) is 5.32 Å². The van der Waals surface area contributed by atoms with Crippen LogP contribution in [0.15, 0.2) is 36.7 Å². The van der Waals surface area contributed by atoms with Crippen molar-refractivity contribution in [2.24, 2.45) is 7.05 Å². The van der Waals surface area contributed by atoms with Gasteiger partial charge in [0, 0.05) is 25.4 Å². The lowest BCUT2D eigenvalue weighted by Crippen LogP contribution is -2.43. The SMILES string of the molecule is Cn1cc(C(NC(=O)NCc2ccc(C(=O)O)cc2)C(F)(F)F)cn1. The zero-order valence-corrected chi connectivity index (χ0v) is 13.0. The summed E-state index contributed by atoms with van der Waals surface area (Å²) in [6, 6.07) is 2.42. The third-order valence-corrected chi connectivity index (χ3v) is 3.31. The Kier molecular flexibility index (Phi) is 5.30. The number of aromatic carboxylic acids is 1. The van der Waals surface area contributed by atoms with Gasteiger partial charge in [0.05, 0.1) is 11.8 Å². The first-order valence-electron chi connectivity index (χ1n) is 7.08. The fourth-order valence-electron chi connectivity index (χ4n) is 2.07. The Morgan fingerprint density at radius 1 is 1.28 bits per heavy atom. The molecule has 0 saturated carbocycles. The first-order chi connectivity index (χ1) is 11.7. The van der Waals surface area contributed by atoms with Crippen molar-refractivity contribution in [1.29, 1.82) is 0 Å². The normalized spacial score (nSPS) is 12.5. The molecule has 0 bridgehead atoms. The summed E-state index contributed by atoms with van der Waals surface area (Å²) >= 11 is 0. The molecule has 1 heterocycles. The highest BCUT2D eigenvalue weighted by atomic mass is 19.4. The number of alkyl halides is 3. The van der Waals surface area contributed by atoms with Gasteiger partial charge in [-0.3, -0.25) is 4.68 Å². The molecule has 3 N–H and O–H groups in total. The largest absolute Gasteiger partial charge is 0.478 e. The summed E-state index contributed by atoms with van der Waals surface area (Å²) in [5.74, 6) is -1.10. The fourth-order valence-corrected chi connectivity index (χ4v) is 2.07. The number of halogens is 3. The van der Waals surface area contributed by atoms with Crippen LogP contribution in [0.5, 0.6) is 0 Å². The minimum Gasteiger partial charge on any atom is -0.478 e. The first-order valence-corrected chi connectivity index (χ1v) is 7.08. The molecule has 0 aliphatic carbocycles. The second kappa shape index (κ2) is 7.24. The molecule has 7 nitrogen and oxygen atoms in total. The molecule has 134 valence electrons. The Morgan fingerprint density at radius 3 is 2.40 bits per heavy atom. The average Bonchev–Trinajstić information content (AvgIpc) is 2.96. The second-order valence-electron chi connectivity index (χ2n) is 5.25. The number of carbonyl (C=O) groups excluding carboxylic acids is 1. The lowest BCUT2D eigenvalue weighted by molar-refractivity contribution is -0.154. The minimum atomic E-state index is -4.68. The number of carboxylic acid groups (broad SMARTS) is 1. The molecule has 1 aromatic carbocycles. The van der Waals surface area contributed by atoms with Crippen LogP contribution in [0.4, 0.5) is 18.0 Å². The zero-order valence-electron chi connectivity index (χ0n) is 13.0. The van der Waals surface area contributed by atoms with Crippen molar-refractivity contribution >= 4 is 12.0 Å². The number of nitrogens with one attached hydrogen (secondary N) is 2. The van der Waals surface area contributed by atoms with Crippen molar-refractivity contribution in [3.63, 3.8) is 0 Å². The Morgan fingerprint density at radius 2 is 1.92 bits per heavy atom. The third-order valence-electron chi connectivity index (χ3n) is 3.31. The van der Waals surface area contributed by atoms with E-state index in [1.165, 1.54) is 42.2 Å². The van der Waals surface area contributed by atoms with Gasteiger partial charge in [-0.1, -0.05) is 12.1 Å². The monoisotopic (exact) mass is 356 g/mol. The molecular formula is C15H15F3N4O3. The van der Waals surface area contributed by atoms with Crippen molar-refractivity contribution in [3.8, 4) is 0 Å². The number of carbonyl (C=O) groups is 2. The number of hydrogen-bond donors (Lipinski definition) is 3. The minimum absolute atomic E-state index is 0.0522. The summed E-state index contributed by atoms with van der Waals surface area (Å²) in [6.45, 7) is -0.0522. The van der Waals surface area contributed by atoms with E-state index in [-0.39, 0.29) is 17.7 Å². The number of benzene rings is 1. The smallest absolute Gasteiger partial charge is 0.413 e. The number of urea groups is 1. The van der Waals surface area contributed by atoms with E-state index in [2.05, 4.69) is 10.4 Å². The molecule has 1 aromatic heterocycles. The molecule has 2 amide bonds. The molecule has 0 fully saturated rings. The van der Waals surface area contributed by atoms with Crippen LogP contribution in [-0.2, 0) is 13.6 Å². The van der Waals surface area contributed by atoms with Crippen molar-refractivity contribution in [3.05, 3.63) is 53.3 Å². The molecule has 0 radical (unpaired) electrons. The highest BCUT2D eigenvalue weighted by Crippen LogP contribution is 2.32. The van der Waals surface area contributed by atoms with Gasteiger partial charge >= 0.3 is 18.2 Å². The van der Waals surface area contributed by atoms with Crippen LogP contribution in [0.3, 0.4) is 0 Å². The van der Waals surface area contributed by atoms with Gasteiger partial charge in [0.2, 0.25) is 0 Å². The van der Waals surface area contributed by atoms with Crippen molar-refractivity contribution in [2.75, 3.05) is 0 Å². The molecule has 0 spiro atoms. The molecule has 25 heavy (non-hydrogen) atoms. The number of amides is 2. The molecule has 2 aromatic rings. The van der Waals surface area contributed by atoms with Crippen LogP contribution in [-0.4, -0.2) is 33.1 Å². The van der Waals surface area contributed by atoms with Crippen molar-refractivity contribution in [1.82, 2.24) is 20.4 Å². The van der Waals surface area contributed by atoms with E-state index in [9.17, 15) is 22.8 Å². The summed E-state index contributed by atoms with van der Waals surface area (Å²) in [5, 5.41) is 16.6. The van der Waals surface area contributed by atoms with Gasteiger partial charge in [0.1, 0.15) is 0 Å². The van der Waals surface area contributed by atoms with Crippen molar-refractivity contribution in [2.45, 2.75) is 18.8 Å². The number of carboxylic acids is 1. The van der Waals surface area contributed by atoms with Crippen LogP contribution < -0.4 is 10.6 Å². The number of aromatic nitrogens is 2. The molecule has 0 saturated heterocycles. The van der Waals surface area contributed by atoms with E-state index in [4.69, 9.17) is 5.11 Å². The Balaban J connectivity index is 1.98. The first kappa shape index (κ1) is 18.3. The second-order valence-corrected chi connectivity index (χ2v) is 5.25. The highest BCUT2D eigenvalue weighted by Gasteiger charge is 2.42. The van der Waals surface area contributed by atoms with Crippen LogP contribution in [0.1, 0.15) is 27.5 Å².